The van der Waals surface area contributed by atoms with Gasteiger partial charge in [0.05, 0.1) is 17.8 Å². The second kappa shape index (κ2) is 7.53. The molecule has 29 heavy (non-hydrogen) atoms. The molecule has 2 amide bonds. The first kappa shape index (κ1) is 19.5. The number of benzene rings is 1. The van der Waals surface area contributed by atoms with E-state index in [9.17, 15) is 18.0 Å². The van der Waals surface area contributed by atoms with Crippen LogP contribution in [0.1, 0.15) is 35.5 Å². The van der Waals surface area contributed by atoms with Crippen molar-refractivity contribution < 1.29 is 18.0 Å². The van der Waals surface area contributed by atoms with E-state index in [0.29, 0.717) is 25.2 Å². The van der Waals surface area contributed by atoms with Crippen molar-refractivity contribution in [2.45, 2.75) is 38.9 Å². The number of carbonyl (C=O) groups is 1. The van der Waals surface area contributed by atoms with Crippen LogP contribution in [0.3, 0.4) is 0 Å². The third-order valence-electron chi connectivity index (χ3n) is 5.31. The summed E-state index contributed by atoms with van der Waals surface area (Å²) >= 11 is 0. The smallest absolute Gasteiger partial charge is 0.356 e. The third-order valence-corrected chi connectivity index (χ3v) is 5.31. The lowest BCUT2D eigenvalue weighted by molar-refractivity contribution is -0.137. The second-order valence-corrected chi connectivity index (χ2v) is 7.39. The number of alkyl halides is 3. The monoisotopic (exact) mass is 405 g/mol. The zero-order chi connectivity index (χ0) is 20.6. The van der Waals surface area contributed by atoms with E-state index in [4.69, 9.17) is 0 Å². The minimum absolute atomic E-state index is 0.328. The number of hydrogen-bond acceptors (Lipinski definition) is 4. The van der Waals surface area contributed by atoms with E-state index in [-0.39, 0.29) is 6.03 Å². The number of anilines is 2. The van der Waals surface area contributed by atoms with Crippen LogP contribution in [0.25, 0.3) is 0 Å². The van der Waals surface area contributed by atoms with E-state index in [1.807, 2.05) is 6.92 Å². The first-order valence-corrected chi connectivity index (χ1v) is 9.66. The van der Waals surface area contributed by atoms with Crippen molar-refractivity contribution >= 4 is 17.5 Å². The maximum atomic E-state index is 12.7. The molecule has 0 aliphatic carbocycles. The van der Waals surface area contributed by atoms with Crippen LogP contribution in [0.4, 0.5) is 29.5 Å². The van der Waals surface area contributed by atoms with E-state index >= 15 is 0 Å². The normalized spacial score (nSPS) is 16.7. The van der Waals surface area contributed by atoms with Gasteiger partial charge in [0.1, 0.15) is 11.6 Å². The lowest BCUT2D eigenvalue weighted by Gasteiger charge is -2.31. The molecule has 2 aliphatic heterocycles. The summed E-state index contributed by atoms with van der Waals surface area (Å²) in [5.41, 5.74) is 1.52. The summed E-state index contributed by atoms with van der Waals surface area (Å²) in [5.74, 6) is 1.63. The Labute approximate surface area is 166 Å². The quantitative estimate of drug-likeness (QED) is 0.821. The lowest BCUT2D eigenvalue weighted by Crippen LogP contribution is -2.40. The average Bonchev–Trinajstić information content (AvgIpc) is 3.21. The highest BCUT2D eigenvalue weighted by Gasteiger charge is 2.31. The zero-order valence-corrected chi connectivity index (χ0v) is 16.1. The molecular formula is C20H22F3N5O. The van der Waals surface area contributed by atoms with Crippen molar-refractivity contribution in [3.05, 3.63) is 46.9 Å². The number of halogens is 3. The molecule has 0 saturated carbocycles. The number of fused-ring (bicyclic) bond motifs is 1. The van der Waals surface area contributed by atoms with Crippen LogP contribution in [0.5, 0.6) is 0 Å². The average molecular weight is 405 g/mol. The molecule has 154 valence electrons. The van der Waals surface area contributed by atoms with Gasteiger partial charge < -0.3 is 15.1 Å². The number of nitrogens with zero attached hydrogens (tertiary/aromatic N) is 4. The summed E-state index contributed by atoms with van der Waals surface area (Å²) in [6, 6.07) is 4.11. The van der Waals surface area contributed by atoms with Crippen LogP contribution in [0.2, 0.25) is 0 Å². The van der Waals surface area contributed by atoms with Gasteiger partial charge in [0.2, 0.25) is 0 Å². The van der Waals surface area contributed by atoms with Gasteiger partial charge in [-0.2, -0.15) is 13.2 Å². The number of nitrogens with one attached hydrogen (secondary N) is 1. The molecule has 0 bridgehead atoms. The number of aryl methyl sites for hydroxylation is 1. The van der Waals surface area contributed by atoms with Gasteiger partial charge >= 0.3 is 12.2 Å². The molecule has 1 saturated heterocycles. The third kappa shape index (κ3) is 4.13. The summed E-state index contributed by atoms with van der Waals surface area (Å²) < 4.78 is 38.1. The Kier molecular flexibility index (Phi) is 5.06. The van der Waals surface area contributed by atoms with E-state index in [2.05, 4.69) is 20.2 Å². The van der Waals surface area contributed by atoms with Gasteiger partial charge in [0.25, 0.3) is 0 Å². The van der Waals surface area contributed by atoms with Crippen LogP contribution in [0.15, 0.2) is 24.3 Å². The lowest BCUT2D eigenvalue weighted by atomic mass is 10.1. The van der Waals surface area contributed by atoms with Gasteiger partial charge in [0.15, 0.2) is 0 Å². The van der Waals surface area contributed by atoms with Crippen molar-refractivity contribution in [2.75, 3.05) is 29.9 Å². The van der Waals surface area contributed by atoms with E-state index in [1.165, 1.54) is 12.1 Å². The Bertz CT molecular complexity index is 908. The largest absolute Gasteiger partial charge is 0.416 e. The molecule has 0 radical (unpaired) electrons. The number of amides is 2. The molecule has 0 spiro atoms. The molecule has 0 unspecified atom stereocenters. The van der Waals surface area contributed by atoms with E-state index in [1.54, 1.807) is 4.90 Å². The summed E-state index contributed by atoms with van der Waals surface area (Å²) in [4.78, 5) is 25.8. The summed E-state index contributed by atoms with van der Waals surface area (Å²) in [6.07, 6.45) is -1.53. The molecule has 9 heteroatoms. The molecule has 6 nitrogen and oxygen atoms in total. The molecule has 3 heterocycles. The highest BCUT2D eigenvalue weighted by Crippen LogP contribution is 2.31. The van der Waals surface area contributed by atoms with Gasteiger partial charge in [-0.25, -0.2) is 14.8 Å². The number of carbonyl (C=O) groups excluding carboxylic acids is 1. The Balaban J connectivity index is 1.50. The number of hydrogen-bond donors (Lipinski definition) is 1. The van der Waals surface area contributed by atoms with Crippen molar-refractivity contribution in [3.63, 3.8) is 0 Å². The predicted octanol–water partition coefficient (Wildman–Crippen LogP) is 3.99. The van der Waals surface area contributed by atoms with Crippen molar-refractivity contribution in [1.29, 1.82) is 0 Å². The van der Waals surface area contributed by atoms with Crippen LogP contribution >= 0.6 is 0 Å². The van der Waals surface area contributed by atoms with Crippen LogP contribution < -0.4 is 10.2 Å². The van der Waals surface area contributed by atoms with Gasteiger partial charge in [-0.15, -0.1) is 0 Å². The number of rotatable bonds is 2. The Morgan fingerprint density at radius 3 is 2.41 bits per heavy atom. The minimum atomic E-state index is -4.40. The molecule has 1 aromatic heterocycles. The summed E-state index contributed by atoms with van der Waals surface area (Å²) in [6.45, 7) is 4.65. The Morgan fingerprint density at radius 2 is 1.76 bits per heavy atom. The van der Waals surface area contributed by atoms with Crippen molar-refractivity contribution in [1.82, 2.24) is 14.9 Å². The van der Waals surface area contributed by atoms with Gasteiger partial charge in [0, 0.05) is 37.3 Å². The van der Waals surface area contributed by atoms with Gasteiger partial charge in [-0.1, -0.05) is 0 Å². The van der Waals surface area contributed by atoms with Gasteiger partial charge in [-0.3, -0.25) is 0 Å². The van der Waals surface area contributed by atoms with Crippen molar-refractivity contribution in [3.8, 4) is 0 Å². The highest BCUT2D eigenvalue weighted by molar-refractivity contribution is 5.89. The second-order valence-electron chi connectivity index (χ2n) is 7.39. The molecule has 2 aliphatic rings. The minimum Gasteiger partial charge on any atom is -0.356 e. The van der Waals surface area contributed by atoms with Crippen LogP contribution in [-0.2, 0) is 19.1 Å². The summed E-state index contributed by atoms with van der Waals surface area (Å²) in [5, 5.41) is 2.69. The maximum absolute atomic E-state index is 12.7. The molecule has 1 N–H and O–H groups in total. The number of urea groups is 1. The molecule has 4 rings (SSSR count). The zero-order valence-electron chi connectivity index (χ0n) is 16.1. The van der Waals surface area contributed by atoms with Crippen LogP contribution in [-0.4, -0.2) is 40.5 Å². The van der Waals surface area contributed by atoms with Crippen LogP contribution in [0, 0.1) is 6.92 Å². The van der Waals surface area contributed by atoms with E-state index in [0.717, 1.165) is 61.0 Å². The summed E-state index contributed by atoms with van der Waals surface area (Å²) in [7, 11) is 0. The fourth-order valence-corrected chi connectivity index (χ4v) is 3.83. The molecule has 1 aromatic carbocycles. The fraction of sp³-hybridized carbons (Fsp3) is 0.450. The first-order valence-electron chi connectivity index (χ1n) is 9.66. The maximum Gasteiger partial charge on any atom is 0.416 e. The van der Waals surface area contributed by atoms with E-state index < -0.39 is 11.7 Å². The van der Waals surface area contributed by atoms with Crippen molar-refractivity contribution in [2.24, 2.45) is 0 Å². The SMILES string of the molecule is Cc1nc2c(c(N3CCCC3)n1)CN(C(=O)Nc1ccc(C(F)(F)F)cc1)CC2. The first-order chi connectivity index (χ1) is 13.8. The molecular weight excluding hydrogens is 383 g/mol. The van der Waals surface area contributed by atoms with Gasteiger partial charge in [-0.05, 0) is 44.0 Å². The molecule has 2 aromatic rings. The Hall–Kier alpha value is -2.84. The molecule has 0 atom stereocenters. The fourth-order valence-electron chi connectivity index (χ4n) is 3.83. The Morgan fingerprint density at radius 1 is 1.07 bits per heavy atom. The highest BCUT2D eigenvalue weighted by atomic mass is 19.4. The predicted molar refractivity (Wildman–Crippen MR) is 103 cm³/mol. The topological polar surface area (TPSA) is 61.4 Å². The standard InChI is InChI=1S/C20H22F3N5O/c1-13-24-17-8-11-28(12-16(17)18(25-13)27-9-2-3-10-27)19(29)26-15-6-4-14(5-7-15)20(21,22)23/h4-7H,2-3,8-12H2,1H3,(H,26,29). The molecule has 1 fully saturated rings. The number of aromatic nitrogens is 2.